The van der Waals surface area contributed by atoms with Gasteiger partial charge in [0.05, 0.1) is 17.3 Å². The van der Waals surface area contributed by atoms with Crippen molar-refractivity contribution in [3.8, 4) is 0 Å². The summed E-state index contributed by atoms with van der Waals surface area (Å²) in [5, 5.41) is 2.80. The molecule has 0 spiro atoms. The highest BCUT2D eigenvalue weighted by Gasteiger charge is 2.28. The monoisotopic (exact) mass is 370 g/mol. The number of aryl methyl sites for hydroxylation is 1. The van der Waals surface area contributed by atoms with Crippen LogP contribution in [-0.4, -0.2) is 33.2 Å². The normalized spacial score (nSPS) is 16.9. The Hall–Kier alpha value is -2.83. The average molecular weight is 370 g/mol. The quantitative estimate of drug-likeness (QED) is 0.898. The van der Waals surface area contributed by atoms with E-state index in [1.165, 1.54) is 18.3 Å². The van der Waals surface area contributed by atoms with Gasteiger partial charge in [-0.3, -0.25) is 9.59 Å². The number of hydrogen-bond donors (Lipinski definition) is 1. The number of likely N-dealkylation sites (tertiary alicyclic amines) is 1. The minimum atomic E-state index is -0.313. The van der Waals surface area contributed by atoms with Crippen LogP contribution < -0.4 is 5.32 Å². The van der Waals surface area contributed by atoms with E-state index >= 15 is 0 Å². The second-order valence-electron chi connectivity index (χ2n) is 6.76. The maximum absolute atomic E-state index is 12.9. The summed E-state index contributed by atoms with van der Waals surface area (Å²) in [5.41, 5.74) is 1.77. The molecule has 6 nitrogen and oxygen atoms in total. The summed E-state index contributed by atoms with van der Waals surface area (Å²) >= 11 is 0. The Morgan fingerprint density at radius 1 is 1.26 bits per heavy atom. The SMILES string of the molecule is CC(=O)N1CCCC[C@H]1c1ncc(C(=O)NCc2ccc(F)cc2)c(C)n1. The number of carbonyl (C=O) groups excluding carboxylic acids is 2. The largest absolute Gasteiger partial charge is 0.348 e. The second-order valence-corrected chi connectivity index (χ2v) is 6.76. The van der Waals surface area contributed by atoms with Gasteiger partial charge in [0.2, 0.25) is 5.91 Å². The molecule has 0 saturated carbocycles. The van der Waals surface area contributed by atoms with Crippen molar-refractivity contribution in [1.82, 2.24) is 20.2 Å². The van der Waals surface area contributed by atoms with Gasteiger partial charge in [-0.25, -0.2) is 14.4 Å². The number of amides is 2. The fourth-order valence-corrected chi connectivity index (χ4v) is 3.33. The molecule has 1 fully saturated rings. The van der Waals surface area contributed by atoms with Gasteiger partial charge in [0.1, 0.15) is 5.82 Å². The summed E-state index contributed by atoms with van der Waals surface area (Å²) < 4.78 is 12.9. The van der Waals surface area contributed by atoms with Crippen molar-refractivity contribution >= 4 is 11.8 Å². The van der Waals surface area contributed by atoms with E-state index in [2.05, 4.69) is 15.3 Å². The van der Waals surface area contributed by atoms with Crippen LogP contribution >= 0.6 is 0 Å². The van der Waals surface area contributed by atoms with E-state index in [0.29, 0.717) is 30.2 Å². The standard InChI is InChI=1S/C20H23FN4O2/c1-13-17(20(27)23-11-15-6-8-16(21)9-7-15)12-22-19(24-13)18-5-3-4-10-25(18)14(2)26/h6-9,12,18H,3-5,10-11H2,1-2H3,(H,23,27)/t18-/m0/s1. The van der Waals surface area contributed by atoms with Crippen LogP contribution in [0.5, 0.6) is 0 Å². The molecule has 27 heavy (non-hydrogen) atoms. The van der Waals surface area contributed by atoms with E-state index in [1.807, 2.05) is 0 Å². The van der Waals surface area contributed by atoms with Gasteiger partial charge < -0.3 is 10.2 Å². The summed E-state index contributed by atoms with van der Waals surface area (Å²) in [6.07, 6.45) is 4.36. The fourth-order valence-electron chi connectivity index (χ4n) is 3.33. The van der Waals surface area contributed by atoms with E-state index < -0.39 is 0 Å². The Balaban J connectivity index is 1.71. The third kappa shape index (κ3) is 4.48. The molecule has 3 rings (SSSR count). The molecule has 1 saturated heterocycles. The average Bonchev–Trinajstić information content (AvgIpc) is 2.67. The minimum Gasteiger partial charge on any atom is -0.348 e. The Kier molecular flexibility index (Phi) is 5.78. The molecule has 1 atom stereocenters. The highest BCUT2D eigenvalue weighted by atomic mass is 19.1. The lowest BCUT2D eigenvalue weighted by molar-refractivity contribution is -0.132. The Bertz CT molecular complexity index is 838. The predicted molar refractivity (Wildman–Crippen MR) is 98.3 cm³/mol. The molecule has 0 bridgehead atoms. The maximum Gasteiger partial charge on any atom is 0.254 e. The molecule has 2 amide bonds. The summed E-state index contributed by atoms with van der Waals surface area (Å²) in [4.78, 5) is 35.0. The van der Waals surface area contributed by atoms with Crippen LogP contribution in [-0.2, 0) is 11.3 Å². The number of nitrogens with one attached hydrogen (secondary N) is 1. The van der Waals surface area contributed by atoms with Crippen molar-refractivity contribution in [3.63, 3.8) is 0 Å². The summed E-state index contributed by atoms with van der Waals surface area (Å²) in [5.74, 6) is 0.00206. The van der Waals surface area contributed by atoms with Crippen molar-refractivity contribution in [1.29, 1.82) is 0 Å². The highest BCUT2D eigenvalue weighted by Crippen LogP contribution is 2.29. The first kappa shape index (κ1) is 18.9. The van der Waals surface area contributed by atoms with E-state index in [-0.39, 0.29) is 23.7 Å². The number of rotatable bonds is 4. The summed E-state index contributed by atoms with van der Waals surface area (Å²) in [7, 11) is 0. The summed E-state index contributed by atoms with van der Waals surface area (Å²) in [6.45, 7) is 4.32. The molecule has 1 aliphatic heterocycles. The number of benzene rings is 1. The van der Waals surface area contributed by atoms with Gasteiger partial charge in [0, 0.05) is 26.2 Å². The molecular weight excluding hydrogens is 347 g/mol. The van der Waals surface area contributed by atoms with Gasteiger partial charge in [0.15, 0.2) is 5.82 Å². The Morgan fingerprint density at radius 3 is 2.67 bits per heavy atom. The lowest BCUT2D eigenvalue weighted by Gasteiger charge is -2.34. The van der Waals surface area contributed by atoms with Crippen molar-refractivity contribution in [2.24, 2.45) is 0 Å². The molecule has 0 unspecified atom stereocenters. The number of piperidine rings is 1. The molecule has 0 radical (unpaired) electrons. The fraction of sp³-hybridized carbons (Fsp3) is 0.400. The number of aromatic nitrogens is 2. The molecule has 1 N–H and O–H groups in total. The first-order valence-electron chi connectivity index (χ1n) is 9.09. The van der Waals surface area contributed by atoms with Gasteiger partial charge >= 0.3 is 0 Å². The third-order valence-corrected chi connectivity index (χ3v) is 4.81. The lowest BCUT2D eigenvalue weighted by Crippen LogP contribution is -2.38. The van der Waals surface area contributed by atoms with Gasteiger partial charge in [-0.2, -0.15) is 0 Å². The van der Waals surface area contributed by atoms with Crippen LogP contribution in [0.25, 0.3) is 0 Å². The van der Waals surface area contributed by atoms with Crippen LogP contribution in [0.4, 0.5) is 4.39 Å². The van der Waals surface area contributed by atoms with Crippen LogP contribution in [0.3, 0.4) is 0 Å². The van der Waals surface area contributed by atoms with E-state index in [0.717, 1.165) is 24.8 Å². The first-order chi connectivity index (χ1) is 13.0. The van der Waals surface area contributed by atoms with Gasteiger partial charge in [-0.05, 0) is 43.9 Å². The van der Waals surface area contributed by atoms with E-state index in [9.17, 15) is 14.0 Å². The maximum atomic E-state index is 12.9. The predicted octanol–water partition coefficient (Wildman–Crippen LogP) is 2.93. The van der Waals surface area contributed by atoms with Crippen LogP contribution in [0.2, 0.25) is 0 Å². The number of nitrogens with zero attached hydrogens (tertiary/aromatic N) is 3. The lowest BCUT2D eigenvalue weighted by atomic mass is 10.0. The molecule has 2 heterocycles. The molecule has 142 valence electrons. The topological polar surface area (TPSA) is 75.2 Å². The number of halogens is 1. The molecule has 2 aromatic rings. The highest BCUT2D eigenvalue weighted by molar-refractivity contribution is 5.94. The van der Waals surface area contributed by atoms with Crippen LogP contribution in [0.15, 0.2) is 30.5 Å². The van der Waals surface area contributed by atoms with E-state index in [4.69, 9.17) is 0 Å². The number of carbonyl (C=O) groups is 2. The van der Waals surface area contributed by atoms with Crippen molar-refractivity contribution < 1.29 is 14.0 Å². The molecule has 1 aliphatic rings. The van der Waals surface area contributed by atoms with Gasteiger partial charge in [0.25, 0.3) is 5.91 Å². The Labute approximate surface area is 157 Å². The Morgan fingerprint density at radius 2 is 2.00 bits per heavy atom. The van der Waals surface area contributed by atoms with Crippen molar-refractivity contribution in [3.05, 3.63) is 58.9 Å². The smallest absolute Gasteiger partial charge is 0.254 e. The zero-order valence-corrected chi connectivity index (χ0v) is 15.5. The molecule has 1 aromatic carbocycles. The molecule has 0 aliphatic carbocycles. The molecule has 1 aromatic heterocycles. The number of hydrogen-bond acceptors (Lipinski definition) is 4. The first-order valence-corrected chi connectivity index (χ1v) is 9.09. The molecular formula is C20H23FN4O2. The van der Waals surface area contributed by atoms with E-state index in [1.54, 1.807) is 30.9 Å². The second kappa shape index (κ2) is 8.24. The van der Waals surface area contributed by atoms with Crippen molar-refractivity contribution in [2.75, 3.05) is 6.54 Å². The van der Waals surface area contributed by atoms with Crippen molar-refractivity contribution in [2.45, 2.75) is 45.7 Å². The molecule has 7 heteroatoms. The van der Waals surface area contributed by atoms with Gasteiger partial charge in [-0.1, -0.05) is 12.1 Å². The van der Waals surface area contributed by atoms with Crippen LogP contribution in [0.1, 0.15) is 59.7 Å². The van der Waals surface area contributed by atoms with Gasteiger partial charge in [-0.15, -0.1) is 0 Å². The minimum absolute atomic E-state index is 0.0158. The zero-order valence-electron chi connectivity index (χ0n) is 15.5. The van der Waals surface area contributed by atoms with Crippen LogP contribution in [0, 0.1) is 12.7 Å². The third-order valence-electron chi connectivity index (χ3n) is 4.81. The zero-order chi connectivity index (χ0) is 19.4. The summed E-state index contributed by atoms with van der Waals surface area (Å²) in [6, 6.07) is 5.83.